The van der Waals surface area contributed by atoms with Crippen LogP contribution in [0, 0.1) is 11.6 Å². The molecule has 0 aliphatic carbocycles. The van der Waals surface area contributed by atoms with Gasteiger partial charge in [-0.2, -0.15) is 9.97 Å². The van der Waals surface area contributed by atoms with E-state index in [-0.39, 0.29) is 108 Å². The summed E-state index contributed by atoms with van der Waals surface area (Å²) in [5.74, 6) is -5.17. The van der Waals surface area contributed by atoms with Gasteiger partial charge in [-0.25, -0.2) is 8.78 Å². The number of ketones is 2. The van der Waals surface area contributed by atoms with Gasteiger partial charge >= 0.3 is 12.0 Å². The van der Waals surface area contributed by atoms with Crippen molar-refractivity contribution in [3.63, 3.8) is 0 Å². The first-order chi connectivity index (χ1) is 34.3. The number of carbonyl (C=O) groups excluding carboxylic acids is 7. The number of fused-ring (bicyclic) bond motifs is 2. The van der Waals surface area contributed by atoms with Gasteiger partial charge < -0.3 is 44.3 Å². The molecule has 0 saturated carbocycles. The summed E-state index contributed by atoms with van der Waals surface area (Å²) >= 11 is 0. The zero-order valence-corrected chi connectivity index (χ0v) is 37.5. The number of nitrogens with zero attached hydrogens (tertiary/aromatic N) is 8. The van der Waals surface area contributed by atoms with Crippen LogP contribution in [0.3, 0.4) is 0 Å². The van der Waals surface area contributed by atoms with Crippen molar-refractivity contribution in [1.82, 2.24) is 49.8 Å². The number of Topliss-reactive ketones (excluding diaryl/α,β-unsaturated/α-hetero) is 2. The lowest BCUT2D eigenvalue weighted by atomic mass is 10.0. The minimum absolute atomic E-state index is 0.0443. The highest BCUT2D eigenvalue weighted by atomic mass is 19.1. The van der Waals surface area contributed by atoms with E-state index in [4.69, 9.17) is 14.8 Å². The zero-order valence-electron chi connectivity index (χ0n) is 37.5. The van der Waals surface area contributed by atoms with Gasteiger partial charge in [-0.05, 0) is 48.5 Å². The van der Waals surface area contributed by atoms with Crippen molar-refractivity contribution in [1.29, 1.82) is 0 Å². The van der Waals surface area contributed by atoms with Gasteiger partial charge in [0.1, 0.15) is 11.6 Å². The first kappa shape index (κ1) is 46.7. The van der Waals surface area contributed by atoms with E-state index >= 15 is 0 Å². The first-order valence-electron chi connectivity index (χ1n) is 21.9. The number of anilines is 2. The smallest absolute Gasteiger partial charge is 0.328 e. The molecule has 0 unspecified atom stereocenters. The summed E-state index contributed by atoms with van der Waals surface area (Å²) in [7, 11) is 0. The molecule has 2 saturated heterocycles. The highest BCUT2D eigenvalue weighted by Crippen LogP contribution is 2.33. The number of carbonyl (C=O) groups is 7. The van der Waals surface area contributed by atoms with E-state index < -0.39 is 40.9 Å². The lowest BCUT2D eigenvalue weighted by molar-refractivity contribution is -0.128. The molecular formula is C48H40F2N12O9. The van der Waals surface area contributed by atoms with Crippen LogP contribution in [0.25, 0.3) is 44.6 Å². The fourth-order valence-electron chi connectivity index (χ4n) is 8.29. The van der Waals surface area contributed by atoms with Crippen molar-refractivity contribution in [2.75, 3.05) is 63.4 Å². The molecule has 71 heavy (non-hydrogen) atoms. The molecular weight excluding hydrogens is 927 g/mol. The van der Waals surface area contributed by atoms with Gasteiger partial charge in [-0.1, -0.05) is 46.7 Å². The van der Waals surface area contributed by atoms with Crippen molar-refractivity contribution in [2.45, 2.75) is 6.92 Å². The van der Waals surface area contributed by atoms with Gasteiger partial charge in [0.15, 0.2) is 0 Å². The molecule has 360 valence electrons. The average molecular weight is 967 g/mol. The van der Waals surface area contributed by atoms with E-state index in [1.807, 2.05) is 12.1 Å². The number of H-pyrrole nitrogens is 2. The maximum atomic E-state index is 14.9. The second kappa shape index (κ2) is 19.7. The fraction of sp³-hybridized carbons (Fsp3) is 0.188. The van der Waals surface area contributed by atoms with Crippen LogP contribution in [-0.4, -0.2) is 143 Å². The van der Waals surface area contributed by atoms with Gasteiger partial charge in [-0.3, -0.25) is 38.9 Å². The minimum Gasteiger partial charge on any atom is -0.360 e. The molecule has 2 aliphatic heterocycles. The number of piperazine rings is 2. The molecule has 4 aromatic heterocycles. The standard InChI is InChI=1S/C25H21FN6O5.C23H19FN6O4/c1-14(33)28-25-29-22(30-37-25)16-7-8-18(26)19-17(13-27-20(16)19)21(34)24(36)32-11-9-31(10-12-32)23(35)15-5-3-2-4-6-15;24-16-7-6-14(20-27-23(25)34-28-20)18-17(16)15(12-26-18)19(31)22(33)30-10-8-29(9-11-30)21(32)13-4-2-1-3-5-13/h2-8,13,27H,9-12H2,1H3,(H,28,29,30,33);1-7,12,26H,8-11H2,(H2,25,27,28). The third-order valence-corrected chi connectivity index (χ3v) is 11.8. The number of rotatable bonds is 9. The van der Waals surface area contributed by atoms with E-state index in [9.17, 15) is 42.3 Å². The number of nitrogens with one attached hydrogen (secondary N) is 3. The SMILES string of the molecule is CC(=O)Nc1nc(-c2ccc(F)c3c(C(=O)C(=O)N4CCN(C(=O)c5ccccc5)CC4)c[nH]c23)no1.Nc1nc(-c2ccc(F)c3c(C(=O)C(=O)N4CCN(C(=O)c5ccccc5)CC4)c[nH]c23)no1. The zero-order chi connectivity index (χ0) is 49.9. The molecule has 5 amide bonds. The van der Waals surface area contributed by atoms with Crippen LogP contribution in [0.4, 0.5) is 20.8 Å². The van der Waals surface area contributed by atoms with Crippen molar-refractivity contribution in [2.24, 2.45) is 0 Å². The van der Waals surface area contributed by atoms with Crippen molar-refractivity contribution in [3.8, 4) is 22.8 Å². The molecule has 0 spiro atoms. The Morgan fingerprint density at radius 2 is 0.972 bits per heavy atom. The van der Waals surface area contributed by atoms with Gasteiger partial charge in [0.05, 0.1) is 22.2 Å². The summed E-state index contributed by atoms with van der Waals surface area (Å²) in [6.07, 6.45) is 2.55. The van der Waals surface area contributed by atoms with Gasteiger partial charge in [0.25, 0.3) is 35.2 Å². The molecule has 5 N–H and O–H groups in total. The second-order valence-corrected chi connectivity index (χ2v) is 16.2. The number of nitrogen functional groups attached to an aromatic ring is 1. The molecule has 4 aromatic carbocycles. The predicted octanol–water partition coefficient (Wildman–Crippen LogP) is 4.59. The molecule has 8 aromatic rings. The van der Waals surface area contributed by atoms with Crippen LogP contribution in [0.1, 0.15) is 48.4 Å². The molecule has 2 fully saturated rings. The summed E-state index contributed by atoms with van der Waals surface area (Å²) in [5.41, 5.74) is 7.49. The van der Waals surface area contributed by atoms with Crippen LogP contribution >= 0.6 is 0 Å². The van der Waals surface area contributed by atoms with E-state index in [0.29, 0.717) is 35.3 Å². The summed E-state index contributed by atoms with van der Waals surface area (Å²) in [6.45, 7) is 3.14. The largest absolute Gasteiger partial charge is 0.360 e. The second-order valence-electron chi connectivity index (χ2n) is 16.2. The molecule has 0 atom stereocenters. The number of nitrogens with two attached hydrogens (primary N) is 1. The Labute approximate surface area is 399 Å². The predicted molar refractivity (Wildman–Crippen MR) is 248 cm³/mol. The van der Waals surface area contributed by atoms with Gasteiger partial charge in [0, 0.05) is 105 Å². The maximum Gasteiger partial charge on any atom is 0.328 e. The van der Waals surface area contributed by atoms with Crippen LogP contribution in [0.5, 0.6) is 0 Å². The number of halogens is 2. The summed E-state index contributed by atoms with van der Waals surface area (Å²) in [6, 6.07) is 22.5. The van der Waals surface area contributed by atoms with E-state index in [2.05, 4.69) is 35.6 Å². The number of hydrogen-bond acceptors (Lipinski definition) is 14. The Morgan fingerprint density at radius 1 is 0.563 bits per heavy atom. The highest BCUT2D eigenvalue weighted by Gasteiger charge is 2.33. The normalized spacial score (nSPS) is 13.7. The van der Waals surface area contributed by atoms with E-state index in [1.165, 1.54) is 41.2 Å². The third kappa shape index (κ3) is 9.42. The lowest BCUT2D eigenvalue weighted by Gasteiger charge is -2.34. The Hall–Kier alpha value is -9.41. The molecule has 23 heteroatoms. The maximum absolute atomic E-state index is 14.9. The van der Waals surface area contributed by atoms with Crippen LogP contribution in [0.15, 0.2) is 106 Å². The lowest BCUT2D eigenvalue weighted by Crippen LogP contribution is -2.52. The van der Waals surface area contributed by atoms with Gasteiger partial charge in [-0.15, -0.1) is 0 Å². The molecule has 0 bridgehead atoms. The molecule has 0 radical (unpaired) electrons. The number of hydrogen-bond donors (Lipinski definition) is 4. The Balaban J connectivity index is 0.000000176. The van der Waals surface area contributed by atoms with E-state index in [1.54, 1.807) is 58.3 Å². The number of aromatic amines is 2. The van der Waals surface area contributed by atoms with Crippen LogP contribution < -0.4 is 11.1 Å². The first-order valence-corrected chi connectivity index (χ1v) is 21.9. The molecule has 10 rings (SSSR count). The van der Waals surface area contributed by atoms with E-state index in [0.717, 1.165) is 12.1 Å². The van der Waals surface area contributed by atoms with Crippen molar-refractivity contribution < 1.29 is 51.4 Å². The molecule has 6 heterocycles. The topological polar surface area (TPSA) is 280 Å². The summed E-state index contributed by atoms with van der Waals surface area (Å²) < 4.78 is 39.3. The van der Waals surface area contributed by atoms with Gasteiger partial charge in [0.2, 0.25) is 17.6 Å². The van der Waals surface area contributed by atoms with Crippen molar-refractivity contribution >= 4 is 74.9 Å². The monoisotopic (exact) mass is 966 g/mol. The summed E-state index contributed by atoms with van der Waals surface area (Å²) in [4.78, 5) is 108. The Bertz CT molecular complexity index is 3370. The Morgan fingerprint density at radius 3 is 1.38 bits per heavy atom. The Kier molecular flexibility index (Phi) is 12.9. The number of benzene rings is 4. The van der Waals surface area contributed by atoms with Crippen LogP contribution in [-0.2, 0) is 14.4 Å². The third-order valence-electron chi connectivity index (χ3n) is 11.8. The summed E-state index contributed by atoms with van der Waals surface area (Å²) in [5, 5.41) is 9.74. The molecule has 2 aliphatic rings. The van der Waals surface area contributed by atoms with Crippen LogP contribution in [0.2, 0.25) is 0 Å². The quantitative estimate of drug-likeness (QED) is 0.114. The van der Waals surface area contributed by atoms with Crippen molar-refractivity contribution in [3.05, 3.63) is 131 Å². The molecule has 21 nitrogen and oxygen atoms in total. The average Bonchev–Trinajstić information content (AvgIpc) is 4.24. The minimum atomic E-state index is -0.878. The number of amides is 5. The fourth-order valence-corrected chi connectivity index (χ4v) is 8.29. The number of aromatic nitrogens is 6. The highest BCUT2D eigenvalue weighted by molar-refractivity contribution is 6.45.